The number of para-hydroxylation sites is 2. The van der Waals surface area contributed by atoms with Crippen molar-refractivity contribution >= 4 is 11.6 Å². The van der Waals surface area contributed by atoms with Gasteiger partial charge in [-0.2, -0.15) is 0 Å². The number of fused-ring (bicyclic) bond motifs is 3. The number of benzene rings is 2. The van der Waals surface area contributed by atoms with E-state index in [2.05, 4.69) is 72.4 Å². The van der Waals surface area contributed by atoms with Gasteiger partial charge in [-0.1, -0.05) is 55.3 Å². The summed E-state index contributed by atoms with van der Waals surface area (Å²) in [5.41, 5.74) is 5.46. The van der Waals surface area contributed by atoms with Gasteiger partial charge in [-0.25, -0.2) is 0 Å². The van der Waals surface area contributed by atoms with E-state index in [4.69, 9.17) is 0 Å². The number of carbonyl (C=O) groups is 1. The Hall–Kier alpha value is -2.85. The lowest BCUT2D eigenvalue weighted by Gasteiger charge is -2.38. The Morgan fingerprint density at radius 3 is 2.64 bits per heavy atom. The van der Waals surface area contributed by atoms with E-state index >= 15 is 0 Å². The highest BCUT2D eigenvalue weighted by molar-refractivity contribution is 5.99. The zero-order chi connectivity index (χ0) is 19.5. The highest BCUT2D eigenvalue weighted by Gasteiger charge is 2.35. The number of rotatable bonds is 6. The minimum Gasteiger partial charge on any atom is -0.316 e. The Kier molecular flexibility index (Phi) is 5.31. The van der Waals surface area contributed by atoms with E-state index in [0.29, 0.717) is 6.54 Å². The summed E-state index contributed by atoms with van der Waals surface area (Å²) in [5.74, 6) is 0.0995. The fraction of sp³-hybridized carbons (Fsp3) is 0.292. The second kappa shape index (κ2) is 8.03. The fourth-order valence-electron chi connectivity index (χ4n) is 4.00. The van der Waals surface area contributed by atoms with Gasteiger partial charge in [-0.15, -0.1) is 0 Å². The van der Waals surface area contributed by atoms with Gasteiger partial charge in [0, 0.05) is 6.20 Å². The third-order valence-electron chi connectivity index (χ3n) is 5.33. The van der Waals surface area contributed by atoms with E-state index in [-0.39, 0.29) is 11.9 Å². The topological polar surface area (TPSA) is 37.3 Å². The molecule has 0 fully saturated rings. The number of aryl methyl sites for hydroxylation is 1. The van der Waals surface area contributed by atoms with E-state index in [1.165, 1.54) is 5.56 Å². The summed E-state index contributed by atoms with van der Waals surface area (Å²) in [6.07, 6.45) is 4.28. The first-order chi connectivity index (χ1) is 13.7. The molecule has 1 aliphatic heterocycles. The molecule has 2 heterocycles. The first-order valence-electron chi connectivity index (χ1n) is 10.1. The van der Waals surface area contributed by atoms with Crippen molar-refractivity contribution in [2.75, 3.05) is 18.0 Å². The van der Waals surface area contributed by atoms with Gasteiger partial charge in [0.05, 0.1) is 23.6 Å². The molecule has 0 spiro atoms. The Bertz CT molecular complexity index is 975. The van der Waals surface area contributed by atoms with Crippen LogP contribution in [0.5, 0.6) is 0 Å². The van der Waals surface area contributed by atoms with E-state index in [9.17, 15) is 4.79 Å². The van der Waals surface area contributed by atoms with Crippen LogP contribution in [0.15, 0.2) is 66.9 Å². The summed E-state index contributed by atoms with van der Waals surface area (Å²) in [5, 5.41) is 3.32. The van der Waals surface area contributed by atoms with Gasteiger partial charge >= 0.3 is 0 Å². The van der Waals surface area contributed by atoms with E-state index in [1.807, 2.05) is 23.1 Å². The molecule has 1 N–H and O–H groups in total. The minimum absolute atomic E-state index is 0.0995. The van der Waals surface area contributed by atoms with Crippen LogP contribution in [0, 0.1) is 6.92 Å². The van der Waals surface area contributed by atoms with Crippen LogP contribution in [0.1, 0.15) is 42.6 Å². The molecule has 0 bridgehead atoms. The van der Waals surface area contributed by atoms with Crippen LogP contribution in [0.2, 0.25) is 0 Å². The SMILES string of the molecule is CCCCNCC(=O)N1c2ccccc2-n2cccc2C1c1cccc(C)c1. The minimum atomic E-state index is -0.134. The highest BCUT2D eigenvalue weighted by Crippen LogP contribution is 2.42. The zero-order valence-corrected chi connectivity index (χ0v) is 16.6. The summed E-state index contributed by atoms with van der Waals surface area (Å²) >= 11 is 0. The van der Waals surface area contributed by atoms with Crippen molar-refractivity contribution in [3.05, 3.63) is 83.7 Å². The first-order valence-corrected chi connectivity index (χ1v) is 10.1. The van der Waals surface area contributed by atoms with Crippen molar-refractivity contribution in [2.45, 2.75) is 32.7 Å². The molecule has 1 unspecified atom stereocenters. The quantitative estimate of drug-likeness (QED) is 0.641. The molecular formula is C24H27N3O. The van der Waals surface area contributed by atoms with Gasteiger partial charge in [0.1, 0.15) is 6.04 Å². The highest BCUT2D eigenvalue weighted by atomic mass is 16.2. The van der Waals surface area contributed by atoms with Gasteiger partial charge < -0.3 is 9.88 Å². The van der Waals surface area contributed by atoms with Crippen LogP contribution in [0.3, 0.4) is 0 Å². The van der Waals surface area contributed by atoms with E-state index in [0.717, 1.165) is 42.0 Å². The van der Waals surface area contributed by atoms with Crippen molar-refractivity contribution in [1.82, 2.24) is 9.88 Å². The summed E-state index contributed by atoms with van der Waals surface area (Å²) < 4.78 is 2.20. The maximum atomic E-state index is 13.4. The molecule has 2 aromatic carbocycles. The number of amides is 1. The van der Waals surface area contributed by atoms with Gasteiger partial charge in [0.2, 0.25) is 5.91 Å². The molecule has 1 aliphatic rings. The number of nitrogens with zero attached hydrogens (tertiary/aromatic N) is 2. The molecule has 28 heavy (non-hydrogen) atoms. The summed E-state index contributed by atoms with van der Waals surface area (Å²) in [6, 6.07) is 20.7. The molecule has 0 saturated carbocycles. The molecule has 1 aromatic heterocycles. The summed E-state index contributed by atoms with van der Waals surface area (Å²) in [7, 11) is 0. The fourth-order valence-corrected chi connectivity index (χ4v) is 4.00. The third kappa shape index (κ3) is 3.36. The molecular weight excluding hydrogens is 346 g/mol. The Morgan fingerprint density at radius 2 is 1.86 bits per heavy atom. The molecule has 4 rings (SSSR count). The standard InChI is InChI=1S/C24H27N3O/c1-3-4-14-25-17-23(28)27-21-12-6-5-11-20(21)26-15-8-13-22(26)24(27)19-10-7-9-18(2)16-19/h5-13,15-16,24-25H,3-4,14,17H2,1-2H3. The molecule has 144 valence electrons. The predicted octanol–water partition coefficient (Wildman–Crippen LogP) is 4.61. The first kappa shape index (κ1) is 18.5. The smallest absolute Gasteiger partial charge is 0.241 e. The van der Waals surface area contributed by atoms with E-state index < -0.39 is 0 Å². The average molecular weight is 374 g/mol. The van der Waals surface area contributed by atoms with Crippen LogP contribution < -0.4 is 10.2 Å². The Labute approximate surface area is 166 Å². The molecule has 0 saturated heterocycles. The Morgan fingerprint density at radius 1 is 1.04 bits per heavy atom. The number of hydrogen-bond donors (Lipinski definition) is 1. The average Bonchev–Trinajstić information content (AvgIpc) is 3.20. The van der Waals surface area contributed by atoms with Gasteiger partial charge in [-0.05, 0) is 49.7 Å². The van der Waals surface area contributed by atoms with Crippen molar-refractivity contribution in [3.8, 4) is 5.69 Å². The van der Waals surface area contributed by atoms with Crippen molar-refractivity contribution < 1.29 is 4.79 Å². The van der Waals surface area contributed by atoms with Gasteiger partial charge in [0.15, 0.2) is 0 Å². The second-order valence-electron chi connectivity index (χ2n) is 7.40. The van der Waals surface area contributed by atoms with Gasteiger partial charge in [0.25, 0.3) is 0 Å². The molecule has 1 atom stereocenters. The maximum Gasteiger partial charge on any atom is 0.241 e. The number of carbonyl (C=O) groups excluding carboxylic acids is 1. The third-order valence-corrected chi connectivity index (χ3v) is 5.33. The van der Waals surface area contributed by atoms with E-state index in [1.54, 1.807) is 0 Å². The summed E-state index contributed by atoms with van der Waals surface area (Å²) in [6.45, 7) is 5.46. The zero-order valence-electron chi connectivity index (χ0n) is 16.6. The molecule has 3 aromatic rings. The molecule has 0 radical (unpaired) electrons. The predicted molar refractivity (Wildman–Crippen MR) is 114 cm³/mol. The lowest BCUT2D eigenvalue weighted by molar-refractivity contribution is -0.118. The number of aromatic nitrogens is 1. The van der Waals surface area contributed by atoms with Crippen LogP contribution >= 0.6 is 0 Å². The molecule has 4 heteroatoms. The van der Waals surface area contributed by atoms with Crippen LogP contribution in [0.25, 0.3) is 5.69 Å². The number of nitrogens with one attached hydrogen (secondary N) is 1. The second-order valence-corrected chi connectivity index (χ2v) is 7.40. The van der Waals surface area contributed by atoms with Crippen molar-refractivity contribution in [1.29, 1.82) is 0 Å². The normalized spacial score (nSPS) is 15.2. The Balaban J connectivity index is 1.79. The maximum absolute atomic E-state index is 13.4. The number of hydrogen-bond acceptors (Lipinski definition) is 2. The van der Waals surface area contributed by atoms with Gasteiger partial charge in [-0.3, -0.25) is 9.69 Å². The molecule has 1 amide bonds. The van der Waals surface area contributed by atoms with Crippen LogP contribution in [0.4, 0.5) is 5.69 Å². The van der Waals surface area contributed by atoms with Crippen molar-refractivity contribution in [3.63, 3.8) is 0 Å². The molecule has 4 nitrogen and oxygen atoms in total. The lowest BCUT2D eigenvalue weighted by atomic mass is 9.96. The number of anilines is 1. The van der Waals surface area contributed by atoms with Crippen LogP contribution in [-0.2, 0) is 4.79 Å². The number of unbranched alkanes of at least 4 members (excludes halogenated alkanes) is 1. The molecule has 0 aliphatic carbocycles. The monoisotopic (exact) mass is 373 g/mol. The largest absolute Gasteiger partial charge is 0.316 e. The summed E-state index contributed by atoms with van der Waals surface area (Å²) in [4.78, 5) is 15.3. The van der Waals surface area contributed by atoms with Crippen molar-refractivity contribution in [2.24, 2.45) is 0 Å². The lowest BCUT2D eigenvalue weighted by Crippen LogP contribution is -2.44. The van der Waals surface area contributed by atoms with Crippen LogP contribution in [-0.4, -0.2) is 23.6 Å².